The third-order valence-corrected chi connectivity index (χ3v) is 2.95. The third-order valence-electron chi connectivity index (χ3n) is 2.95. The van der Waals surface area contributed by atoms with E-state index in [1.54, 1.807) is 0 Å². The molecule has 1 saturated carbocycles. The Kier molecular flexibility index (Phi) is 2.70. The van der Waals surface area contributed by atoms with E-state index >= 15 is 0 Å². The normalized spacial score (nSPS) is 14.4. The Hall–Kier alpha value is -2.37. The van der Waals surface area contributed by atoms with Crippen molar-refractivity contribution in [2.24, 2.45) is 0 Å². The molecule has 0 unspecified atom stereocenters. The van der Waals surface area contributed by atoms with Gasteiger partial charge in [0.25, 0.3) is 5.56 Å². The fraction of sp³-hybridized carbons (Fsp3) is 0.231. The summed E-state index contributed by atoms with van der Waals surface area (Å²) in [7, 11) is 0. The molecule has 98 valence electrons. The number of aromatic nitrogens is 2. The van der Waals surface area contributed by atoms with Crippen molar-refractivity contribution in [3.8, 4) is 17.0 Å². The molecule has 1 aromatic heterocycles. The molecule has 0 atom stereocenters. The molecule has 2 aromatic rings. The van der Waals surface area contributed by atoms with E-state index in [9.17, 15) is 14.3 Å². The number of rotatable bonds is 3. The van der Waals surface area contributed by atoms with Crippen LogP contribution in [0.4, 0.5) is 10.3 Å². The predicted molar refractivity (Wildman–Crippen MR) is 68.6 cm³/mol. The number of hydrogen-bond donors (Lipinski definition) is 3. The second-order valence-electron chi connectivity index (χ2n) is 4.54. The first-order valence-corrected chi connectivity index (χ1v) is 5.99. The summed E-state index contributed by atoms with van der Waals surface area (Å²) in [5, 5.41) is 12.9. The Labute approximate surface area is 108 Å². The van der Waals surface area contributed by atoms with Crippen molar-refractivity contribution in [2.75, 3.05) is 5.32 Å². The summed E-state index contributed by atoms with van der Waals surface area (Å²) in [5.41, 5.74) is 0.00854. The molecule has 0 bridgehead atoms. The van der Waals surface area contributed by atoms with E-state index in [-0.39, 0.29) is 17.4 Å². The molecule has 6 heteroatoms. The van der Waals surface area contributed by atoms with E-state index in [2.05, 4.69) is 15.3 Å². The molecular formula is C13H12FN3O2. The van der Waals surface area contributed by atoms with Crippen molar-refractivity contribution in [1.29, 1.82) is 0 Å². The van der Waals surface area contributed by atoms with Gasteiger partial charge in [-0.2, -0.15) is 4.98 Å². The van der Waals surface area contributed by atoms with Gasteiger partial charge in [-0.15, -0.1) is 0 Å². The molecule has 19 heavy (non-hydrogen) atoms. The van der Waals surface area contributed by atoms with Crippen molar-refractivity contribution in [3.05, 3.63) is 40.4 Å². The van der Waals surface area contributed by atoms with Crippen molar-refractivity contribution in [1.82, 2.24) is 9.97 Å². The largest absolute Gasteiger partial charge is 0.493 e. The average Bonchev–Trinajstić information content (AvgIpc) is 3.14. The number of anilines is 1. The molecule has 0 saturated heterocycles. The minimum absolute atomic E-state index is 0.0429. The molecule has 0 radical (unpaired) electrons. The van der Waals surface area contributed by atoms with Gasteiger partial charge in [0.1, 0.15) is 11.4 Å². The molecule has 5 nitrogen and oxygen atoms in total. The first-order valence-electron chi connectivity index (χ1n) is 5.99. The smallest absolute Gasteiger partial charge is 0.264 e. The molecule has 0 aliphatic heterocycles. The lowest BCUT2D eigenvalue weighted by molar-refractivity contribution is 0.454. The SMILES string of the molecule is O=c1[nH]c(NC2CC2)nc(O)c1-c1ccc(F)cc1. The Morgan fingerprint density at radius 2 is 2.00 bits per heavy atom. The molecule has 1 aliphatic carbocycles. The quantitative estimate of drug-likeness (QED) is 0.788. The van der Waals surface area contributed by atoms with Crippen molar-refractivity contribution in [2.45, 2.75) is 18.9 Å². The Bertz CT molecular complexity index is 663. The van der Waals surface area contributed by atoms with Crippen LogP contribution in [0.5, 0.6) is 5.88 Å². The monoisotopic (exact) mass is 261 g/mol. The van der Waals surface area contributed by atoms with Gasteiger partial charge in [0.2, 0.25) is 11.8 Å². The minimum atomic E-state index is -0.456. The van der Waals surface area contributed by atoms with Crippen LogP contribution in [0.25, 0.3) is 11.1 Å². The Morgan fingerprint density at radius 1 is 1.32 bits per heavy atom. The van der Waals surface area contributed by atoms with Gasteiger partial charge in [-0.3, -0.25) is 9.78 Å². The van der Waals surface area contributed by atoms with Gasteiger partial charge >= 0.3 is 0 Å². The molecule has 3 N–H and O–H groups in total. The van der Waals surface area contributed by atoms with Crippen LogP contribution in [0.1, 0.15) is 12.8 Å². The maximum Gasteiger partial charge on any atom is 0.264 e. The summed E-state index contributed by atoms with van der Waals surface area (Å²) in [6.07, 6.45) is 2.06. The van der Waals surface area contributed by atoms with E-state index in [1.165, 1.54) is 24.3 Å². The lowest BCUT2D eigenvalue weighted by Crippen LogP contribution is -2.15. The van der Waals surface area contributed by atoms with Gasteiger partial charge in [0, 0.05) is 6.04 Å². The van der Waals surface area contributed by atoms with Crippen LogP contribution < -0.4 is 10.9 Å². The Balaban J connectivity index is 2.01. The van der Waals surface area contributed by atoms with E-state index in [0.29, 0.717) is 11.6 Å². The molecule has 3 rings (SSSR count). The highest BCUT2D eigenvalue weighted by Crippen LogP contribution is 2.26. The fourth-order valence-electron chi connectivity index (χ4n) is 1.83. The summed E-state index contributed by atoms with van der Waals surface area (Å²) in [6, 6.07) is 5.62. The summed E-state index contributed by atoms with van der Waals surface area (Å²) in [5.74, 6) is -0.506. The second kappa shape index (κ2) is 4.38. The Morgan fingerprint density at radius 3 is 2.58 bits per heavy atom. The molecule has 1 aliphatic rings. The first-order chi connectivity index (χ1) is 9.13. The predicted octanol–water partition coefficient (Wildman–Crippen LogP) is 1.86. The number of aromatic hydroxyl groups is 1. The van der Waals surface area contributed by atoms with Gasteiger partial charge in [-0.25, -0.2) is 4.39 Å². The number of nitrogens with one attached hydrogen (secondary N) is 2. The van der Waals surface area contributed by atoms with Gasteiger partial charge in [-0.1, -0.05) is 12.1 Å². The number of aromatic amines is 1. The first kappa shape index (κ1) is 11.7. The van der Waals surface area contributed by atoms with Gasteiger partial charge in [0.15, 0.2) is 0 Å². The van der Waals surface area contributed by atoms with Crippen molar-refractivity contribution < 1.29 is 9.50 Å². The zero-order chi connectivity index (χ0) is 13.4. The number of H-pyrrole nitrogens is 1. The average molecular weight is 261 g/mol. The van der Waals surface area contributed by atoms with Crippen LogP contribution >= 0.6 is 0 Å². The number of hydrogen-bond acceptors (Lipinski definition) is 4. The van der Waals surface area contributed by atoms with Gasteiger partial charge in [-0.05, 0) is 30.5 Å². The van der Waals surface area contributed by atoms with Crippen LogP contribution in [-0.2, 0) is 0 Å². The summed E-state index contributed by atoms with van der Waals surface area (Å²) >= 11 is 0. The van der Waals surface area contributed by atoms with Gasteiger partial charge < -0.3 is 10.4 Å². The van der Waals surface area contributed by atoms with Crippen LogP contribution in [0.2, 0.25) is 0 Å². The highest BCUT2D eigenvalue weighted by atomic mass is 19.1. The standard InChI is InChI=1S/C13H12FN3O2/c14-8-3-1-7(2-4-8)10-11(18)16-13(17-12(10)19)15-9-5-6-9/h1-4,9H,5-6H2,(H3,15,16,17,18,19). The van der Waals surface area contributed by atoms with Crippen molar-refractivity contribution in [3.63, 3.8) is 0 Å². The molecule has 0 amide bonds. The number of nitrogens with zero attached hydrogens (tertiary/aromatic N) is 1. The minimum Gasteiger partial charge on any atom is -0.493 e. The lowest BCUT2D eigenvalue weighted by atomic mass is 10.1. The van der Waals surface area contributed by atoms with Crippen molar-refractivity contribution >= 4 is 5.95 Å². The van der Waals surface area contributed by atoms with Crippen LogP contribution in [0.3, 0.4) is 0 Å². The second-order valence-corrected chi connectivity index (χ2v) is 4.54. The van der Waals surface area contributed by atoms with Crippen LogP contribution in [-0.4, -0.2) is 21.1 Å². The third kappa shape index (κ3) is 2.42. The highest BCUT2D eigenvalue weighted by molar-refractivity contribution is 5.67. The fourth-order valence-corrected chi connectivity index (χ4v) is 1.83. The van der Waals surface area contributed by atoms with E-state index in [0.717, 1.165) is 12.8 Å². The molecule has 0 spiro atoms. The van der Waals surface area contributed by atoms with Crippen LogP contribution in [0.15, 0.2) is 29.1 Å². The summed E-state index contributed by atoms with van der Waals surface area (Å²) in [6.45, 7) is 0. The topological polar surface area (TPSA) is 78.0 Å². The molecule has 1 heterocycles. The zero-order valence-corrected chi connectivity index (χ0v) is 9.98. The molecule has 1 fully saturated rings. The van der Waals surface area contributed by atoms with E-state index < -0.39 is 11.4 Å². The maximum atomic E-state index is 12.8. The summed E-state index contributed by atoms with van der Waals surface area (Å²) < 4.78 is 12.8. The van der Waals surface area contributed by atoms with E-state index in [1.807, 2.05) is 0 Å². The van der Waals surface area contributed by atoms with E-state index in [4.69, 9.17) is 0 Å². The molecule has 1 aromatic carbocycles. The van der Waals surface area contributed by atoms with Gasteiger partial charge in [0.05, 0.1) is 0 Å². The zero-order valence-electron chi connectivity index (χ0n) is 9.98. The summed E-state index contributed by atoms with van der Waals surface area (Å²) in [4.78, 5) is 18.4. The van der Waals surface area contributed by atoms with Crippen LogP contribution in [0, 0.1) is 5.82 Å². The highest BCUT2D eigenvalue weighted by Gasteiger charge is 2.22. The molecular weight excluding hydrogens is 249 g/mol. The number of benzene rings is 1. The maximum absolute atomic E-state index is 12.8. The number of halogens is 1. The lowest BCUT2D eigenvalue weighted by Gasteiger charge is -2.07.